The van der Waals surface area contributed by atoms with Crippen LogP contribution in [0, 0.1) is 0 Å². The average molecular weight is 404 g/mol. The Morgan fingerprint density at radius 1 is 1.14 bits per heavy atom. The highest BCUT2D eigenvalue weighted by Crippen LogP contribution is 2.24. The van der Waals surface area contributed by atoms with Crippen LogP contribution in [0.1, 0.15) is 6.92 Å². The summed E-state index contributed by atoms with van der Waals surface area (Å²) in [6.07, 6.45) is 0. The van der Waals surface area contributed by atoms with Gasteiger partial charge in [0.25, 0.3) is 0 Å². The van der Waals surface area contributed by atoms with Crippen LogP contribution in [0.25, 0.3) is 11.4 Å². The van der Waals surface area contributed by atoms with Crippen molar-refractivity contribution < 1.29 is 18.3 Å². The van der Waals surface area contributed by atoms with E-state index in [1.807, 2.05) is 41.8 Å². The Morgan fingerprint density at radius 2 is 1.86 bits per heavy atom. The van der Waals surface area contributed by atoms with Gasteiger partial charge in [-0.25, -0.2) is 0 Å². The highest BCUT2D eigenvalue weighted by Gasteiger charge is 2.14. The molecule has 1 amide bonds. The van der Waals surface area contributed by atoms with Crippen molar-refractivity contribution in [2.24, 2.45) is 0 Å². The Kier molecular flexibility index (Phi) is 6.59. The predicted molar refractivity (Wildman–Crippen MR) is 104 cm³/mol. The van der Waals surface area contributed by atoms with Crippen molar-refractivity contribution in [3.05, 3.63) is 54.6 Å². The molecule has 28 heavy (non-hydrogen) atoms. The Hall–Kier alpha value is -2.94. The van der Waals surface area contributed by atoms with Gasteiger partial charge in [-0.05, 0) is 31.2 Å². The first-order chi connectivity index (χ1) is 13.6. The van der Waals surface area contributed by atoms with Gasteiger partial charge in [0.05, 0.1) is 5.75 Å². The van der Waals surface area contributed by atoms with E-state index in [2.05, 4.69) is 20.3 Å². The summed E-state index contributed by atoms with van der Waals surface area (Å²) in [5.41, 5.74) is 1.45. The van der Waals surface area contributed by atoms with E-state index in [4.69, 9.17) is 0 Å². The van der Waals surface area contributed by atoms with Crippen LogP contribution in [0.15, 0.2) is 59.8 Å². The lowest BCUT2D eigenvalue weighted by Crippen LogP contribution is -2.14. The number of hydrogen-bond acceptors (Lipinski definition) is 5. The number of hydrogen-bond donors (Lipinski definition) is 1. The summed E-state index contributed by atoms with van der Waals surface area (Å²) >= 11 is 1.28. The lowest BCUT2D eigenvalue weighted by Gasteiger charge is -2.08. The number of nitrogens with one attached hydrogen (secondary N) is 1. The molecule has 0 fully saturated rings. The molecule has 0 spiro atoms. The number of carbonyl (C=O) groups is 1. The summed E-state index contributed by atoms with van der Waals surface area (Å²) in [6, 6.07) is 15.5. The Balaban J connectivity index is 1.60. The number of carbonyl (C=O) groups excluding carboxylic acids is 1. The third-order valence-electron chi connectivity index (χ3n) is 3.76. The van der Waals surface area contributed by atoms with Gasteiger partial charge in [0, 0.05) is 17.8 Å². The van der Waals surface area contributed by atoms with Crippen LogP contribution in [-0.4, -0.2) is 33.0 Å². The van der Waals surface area contributed by atoms with Crippen LogP contribution in [0.4, 0.5) is 14.5 Å². The average Bonchev–Trinajstić information content (AvgIpc) is 3.11. The van der Waals surface area contributed by atoms with E-state index >= 15 is 0 Å². The molecule has 1 N–H and O–H groups in total. The second-order valence-electron chi connectivity index (χ2n) is 5.66. The van der Waals surface area contributed by atoms with Gasteiger partial charge in [-0.2, -0.15) is 8.78 Å². The van der Waals surface area contributed by atoms with E-state index < -0.39 is 6.61 Å². The molecule has 6 nitrogen and oxygen atoms in total. The Morgan fingerprint density at radius 3 is 2.50 bits per heavy atom. The zero-order valence-corrected chi connectivity index (χ0v) is 15.8. The first-order valence-corrected chi connectivity index (χ1v) is 9.51. The molecule has 0 radical (unpaired) electrons. The highest BCUT2D eigenvalue weighted by atomic mass is 32.2. The largest absolute Gasteiger partial charge is 0.435 e. The Bertz CT molecular complexity index is 917. The van der Waals surface area contributed by atoms with Crippen molar-refractivity contribution in [1.82, 2.24) is 14.8 Å². The van der Waals surface area contributed by atoms with E-state index in [1.54, 1.807) is 0 Å². The first kappa shape index (κ1) is 19.8. The van der Waals surface area contributed by atoms with Crippen LogP contribution in [0.5, 0.6) is 5.75 Å². The number of anilines is 1. The number of amides is 1. The van der Waals surface area contributed by atoms with Gasteiger partial charge in [-0.3, -0.25) is 4.79 Å². The number of alkyl halides is 2. The minimum absolute atomic E-state index is 0.0341. The second-order valence-corrected chi connectivity index (χ2v) is 6.60. The Labute approximate surface area is 164 Å². The SMILES string of the molecule is CCn1c(SCC(=O)Nc2ccc(OC(F)F)cc2)nnc1-c1ccccc1. The quantitative estimate of drug-likeness (QED) is 0.567. The predicted octanol–water partition coefficient (Wildman–Crippen LogP) is 4.30. The monoisotopic (exact) mass is 404 g/mol. The number of aromatic nitrogens is 3. The van der Waals surface area contributed by atoms with Gasteiger partial charge in [0.15, 0.2) is 11.0 Å². The van der Waals surface area contributed by atoms with E-state index in [-0.39, 0.29) is 17.4 Å². The van der Waals surface area contributed by atoms with Crippen molar-refractivity contribution in [2.75, 3.05) is 11.1 Å². The summed E-state index contributed by atoms with van der Waals surface area (Å²) < 4.78 is 30.5. The van der Waals surface area contributed by atoms with E-state index in [0.29, 0.717) is 17.4 Å². The number of nitrogens with zero attached hydrogens (tertiary/aromatic N) is 3. The molecule has 2 aromatic carbocycles. The number of halogens is 2. The van der Waals surface area contributed by atoms with Gasteiger partial charge in [-0.15, -0.1) is 10.2 Å². The fraction of sp³-hybridized carbons (Fsp3) is 0.211. The van der Waals surface area contributed by atoms with E-state index in [0.717, 1.165) is 11.4 Å². The van der Waals surface area contributed by atoms with Gasteiger partial charge in [0.1, 0.15) is 5.75 Å². The minimum atomic E-state index is -2.88. The first-order valence-electron chi connectivity index (χ1n) is 8.53. The third kappa shape index (κ3) is 5.07. The molecule has 0 aliphatic carbocycles. The van der Waals surface area contributed by atoms with Crippen LogP contribution < -0.4 is 10.1 Å². The molecule has 0 saturated heterocycles. The number of ether oxygens (including phenoxy) is 1. The number of thioether (sulfide) groups is 1. The molecule has 9 heteroatoms. The summed E-state index contributed by atoms with van der Waals surface area (Å²) in [4.78, 5) is 12.2. The van der Waals surface area contributed by atoms with Crippen LogP contribution >= 0.6 is 11.8 Å². The molecule has 146 valence electrons. The topological polar surface area (TPSA) is 69.0 Å². The summed E-state index contributed by atoms with van der Waals surface area (Å²) in [6.45, 7) is -0.219. The minimum Gasteiger partial charge on any atom is -0.435 e. The maximum absolute atomic E-state index is 12.2. The molecule has 1 heterocycles. The highest BCUT2D eigenvalue weighted by molar-refractivity contribution is 7.99. The normalized spacial score (nSPS) is 10.9. The van der Waals surface area contributed by atoms with Crippen LogP contribution in [-0.2, 0) is 11.3 Å². The van der Waals surface area contributed by atoms with Crippen LogP contribution in [0.2, 0.25) is 0 Å². The zero-order valence-electron chi connectivity index (χ0n) is 15.0. The van der Waals surface area contributed by atoms with Crippen LogP contribution in [0.3, 0.4) is 0 Å². The fourth-order valence-electron chi connectivity index (χ4n) is 2.53. The van der Waals surface area contributed by atoms with E-state index in [9.17, 15) is 13.6 Å². The van der Waals surface area contributed by atoms with Crippen molar-refractivity contribution in [3.63, 3.8) is 0 Å². The van der Waals surface area contributed by atoms with Gasteiger partial charge in [0.2, 0.25) is 5.91 Å². The molecule has 0 bridgehead atoms. The lowest BCUT2D eigenvalue weighted by atomic mass is 10.2. The lowest BCUT2D eigenvalue weighted by molar-refractivity contribution is -0.113. The van der Waals surface area contributed by atoms with Gasteiger partial charge in [-0.1, -0.05) is 42.1 Å². The van der Waals surface area contributed by atoms with Crippen molar-refractivity contribution >= 4 is 23.4 Å². The molecule has 0 saturated carbocycles. The molecule has 3 rings (SSSR count). The molecular weight excluding hydrogens is 386 g/mol. The maximum atomic E-state index is 12.2. The van der Waals surface area contributed by atoms with E-state index in [1.165, 1.54) is 36.0 Å². The molecular formula is C19H18F2N4O2S. The summed E-state index contributed by atoms with van der Waals surface area (Å²) in [7, 11) is 0. The molecule has 0 unspecified atom stereocenters. The standard InChI is InChI=1S/C19H18F2N4O2S/c1-2-25-17(13-6-4-3-5-7-13)23-24-19(25)28-12-16(26)22-14-8-10-15(11-9-14)27-18(20)21/h3-11,18H,2,12H2,1H3,(H,22,26). The summed E-state index contributed by atoms with van der Waals surface area (Å²) in [5.74, 6) is 0.689. The number of benzene rings is 2. The third-order valence-corrected chi connectivity index (χ3v) is 4.73. The molecule has 3 aromatic rings. The molecule has 1 aromatic heterocycles. The molecule has 0 atom stereocenters. The molecule has 0 aliphatic heterocycles. The maximum Gasteiger partial charge on any atom is 0.387 e. The van der Waals surface area contributed by atoms with Crippen molar-refractivity contribution in [1.29, 1.82) is 0 Å². The van der Waals surface area contributed by atoms with Crippen molar-refractivity contribution in [2.45, 2.75) is 25.2 Å². The smallest absolute Gasteiger partial charge is 0.387 e. The fourth-order valence-corrected chi connectivity index (χ4v) is 3.33. The summed E-state index contributed by atoms with van der Waals surface area (Å²) in [5, 5.41) is 11.8. The second kappa shape index (κ2) is 9.32. The number of rotatable bonds is 8. The van der Waals surface area contributed by atoms with Crippen molar-refractivity contribution in [3.8, 4) is 17.1 Å². The van der Waals surface area contributed by atoms with Gasteiger partial charge < -0.3 is 14.6 Å². The molecule has 0 aliphatic rings. The zero-order chi connectivity index (χ0) is 19.9. The van der Waals surface area contributed by atoms with Gasteiger partial charge >= 0.3 is 6.61 Å².